The topological polar surface area (TPSA) is 26.3 Å². The average Bonchev–Trinajstić information content (AvgIpc) is 2.24. The lowest BCUT2D eigenvalue weighted by molar-refractivity contribution is 0.249. The van der Waals surface area contributed by atoms with Gasteiger partial charge in [0.25, 0.3) is 0 Å². The molecule has 2 heteroatoms. The van der Waals surface area contributed by atoms with E-state index in [4.69, 9.17) is 0 Å². The smallest absolute Gasteiger partial charge is 0.00389 e. The van der Waals surface area contributed by atoms with E-state index in [-0.39, 0.29) is 5.54 Å². The highest BCUT2D eigenvalue weighted by molar-refractivity contribution is 5.00. The third-order valence-corrected chi connectivity index (χ3v) is 3.46. The minimum Gasteiger partial charge on any atom is -0.785 e. The van der Waals surface area contributed by atoms with Crippen LogP contribution in [0.15, 0.2) is 0 Å². The first-order valence-corrected chi connectivity index (χ1v) is 4.90. The van der Waals surface area contributed by atoms with Crippen molar-refractivity contribution >= 4 is 0 Å². The highest BCUT2D eigenvalue weighted by Crippen LogP contribution is 2.45. The molecule has 0 unspecified atom stereocenters. The van der Waals surface area contributed by atoms with E-state index < -0.39 is 0 Å². The first-order chi connectivity index (χ1) is 5.46. The van der Waals surface area contributed by atoms with Crippen LogP contribution in [0.1, 0.15) is 47.0 Å². The Labute approximate surface area is 75.5 Å². The van der Waals surface area contributed by atoms with Gasteiger partial charge in [0, 0.05) is 5.54 Å². The average molecular weight is 170 g/mol. The Hall–Kier alpha value is -0.0800. The van der Waals surface area contributed by atoms with Crippen molar-refractivity contribution in [2.24, 2.45) is 5.41 Å². The third kappa shape index (κ3) is 1.50. The van der Waals surface area contributed by atoms with Gasteiger partial charge in [-0.1, -0.05) is 13.8 Å². The largest absolute Gasteiger partial charge is 0.785 e. The van der Waals surface area contributed by atoms with E-state index >= 15 is 0 Å². The summed E-state index contributed by atoms with van der Waals surface area (Å²) >= 11 is 0. The number of hydrogen-bond acceptors (Lipinski definition) is 2. The molecule has 0 bridgehead atoms. The molecule has 12 heavy (non-hydrogen) atoms. The Kier molecular flexibility index (Phi) is 2.50. The van der Waals surface area contributed by atoms with E-state index in [1.165, 1.54) is 5.06 Å². The summed E-state index contributed by atoms with van der Waals surface area (Å²) in [5.74, 6) is 0. The van der Waals surface area contributed by atoms with Gasteiger partial charge in [0.2, 0.25) is 0 Å². The molecule has 0 aromatic rings. The van der Waals surface area contributed by atoms with Crippen LogP contribution in [0.4, 0.5) is 0 Å². The summed E-state index contributed by atoms with van der Waals surface area (Å²) in [6.07, 6.45) is 3.31. The lowest BCUT2D eigenvalue weighted by atomic mass is 9.78. The number of rotatable bonds is 2. The summed E-state index contributed by atoms with van der Waals surface area (Å²) in [4.78, 5) is 0. The molecule has 72 valence electrons. The van der Waals surface area contributed by atoms with Crippen molar-refractivity contribution in [3.63, 3.8) is 0 Å². The van der Waals surface area contributed by atoms with Crippen LogP contribution in [0.5, 0.6) is 0 Å². The summed E-state index contributed by atoms with van der Waals surface area (Å²) < 4.78 is 0. The first-order valence-electron chi connectivity index (χ1n) is 4.90. The van der Waals surface area contributed by atoms with Crippen molar-refractivity contribution in [3.05, 3.63) is 5.21 Å². The van der Waals surface area contributed by atoms with Crippen LogP contribution in [-0.4, -0.2) is 17.1 Å². The van der Waals surface area contributed by atoms with Crippen LogP contribution < -0.4 is 0 Å². The molecule has 1 aliphatic heterocycles. The maximum Gasteiger partial charge on any atom is 0.00389 e. The fraction of sp³-hybridized carbons (Fsp3) is 1.00. The minimum atomic E-state index is -0.133. The summed E-state index contributed by atoms with van der Waals surface area (Å²) in [7, 11) is 0. The summed E-state index contributed by atoms with van der Waals surface area (Å²) in [5, 5.41) is 12.8. The van der Waals surface area contributed by atoms with Gasteiger partial charge in [-0.3, -0.25) is 0 Å². The predicted molar refractivity (Wildman–Crippen MR) is 51.8 cm³/mol. The van der Waals surface area contributed by atoms with Crippen LogP contribution in [0.25, 0.3) is 0 Å². The molecule has 0 aromatic heterocycles. The molecular weight excluding hydrogens is 150 g/mol. The Balaban J connectivity index is 2.75. The number of hydrogen-bond donors (Lipinski definition) is 0. The molecule has 0 radical (unpaired) electrons. The van der Waals surface area contributed by atoms with Crippen LogP contribution in [0.2, 0.25) is 0 Å². The Morgan fingerprint density at radius 2 is 1.75 bits per heavy atom. The molecule has 0 amide bonds. The fourth-order valence-electron chi connectivity index (χ4n) is 2.30. The van der Waals surface area contributed by atoms with Crippen molar-refractivity contribution in [3.8, 4) is 0 Å². The Bertz CT molecular complexity index is 161. The predicted octanol–water partition coefficient (Wildman–Crippen LogP) is 2.77. The molecule has 1 heterocycles. The maximum atomic E-state index is 11.5. The number of hydroxylamine groups is 2. The molecule has 0 aromatic carbocycles. The van der Waals surface area contributed by atoms with E-state index in [1.807, 2.05) is 13.8 Å². The SMILES string of the molecule is CCC1(CC)CN([O-])C(C)(C)C1. The molecule has 0 aliphatic carbocycles. The van der Waals surface area contributed by atoms with E-state index in [1.54, 1.807) is 0 Å². The lowest BCUT2D eigenvalue weighted by Gasteiger charge is -2.37. The Morgan fingerprint density at radius 3 is 1.92 bits per heavy atom. The van der Waals surface area contributed by atoms with E-state index in [0.29, 0.717) is 5.41 Å². The van der Waals surface area contributed by atoms with Gasteiger partial charge < -0.3 is 10.3 Å². The molecule has 1 fully saturated rings. The van der Waals surface area contributed by atoms with Gasteiger partial charge in [-0.05, 0) is 45.1 Å². The van der Waals surface area contributed by atoms with Gasteiger partial charge in [0.1, 0.15) is 0 Å². The van der Waals surface area contributed by atoms with E-state index in [0.717, 1.165) is 25.8 Å². The van der Waals surface area contributed by atoms with Crippen molar-refractivity contribution in [2.75, 3.05) is 6.54 Å². The standard InChI is InChI=1S/C10H20NO/c1-5-10(6-2)7-9(3,4)11(12)8-10/h5-8H2,1-4H3/q-1. The van der Waals surface area contributed by atoms with Gasteiger partial charge in [-0.25, -0.2) is 0 Å². The quantitative estimate of drug-likeness (QED) is 0.637. The summed E-state index contributed by atoms with van der Waals surface area (Å²) in [6.45, 7) is 9.21. The molecule has 0 N–H and O–H groups in total. The molecule has 1 saturated heterocycles. The zero-order valence-electron chi connectivity index (χ0n) is 8.68. The number of nitrogens with zero attached hydrogens (tertiary/aromatic N) is 1. The molecule has 0 atom stereocenters. The fourth-order valence-corrected chi connectivity index (χ4v) is 2.30. The molecule has 0 saturated carbocycles. The molecule has 0 spiro atoms. The second-order valence-electron chi connectivity index (χ2n) is 4.73. The second kappa shape index (κ2) is 3.00. The molecule has 2 nitrogen and oxygen atoms in total. The van der Waals surface area contributed by atoms with E-state index in [2.05, 4.69) is 13.8 Å². The van der Waals surface area contributed by atoms with E-state index in [9.17, 15) is 5.21 Å². The van der Waals surface area contributed by atoms with Gasteiger partial charge in [0.05, 0.1) is 0 Å². The second-order valence-corrected chi connectivity index (χ2v) is 4.73. The third-order valence-electron chi connectivity index (χ3n) is 3.46. The van der Waals surface area contributed by atoms with Gasteiger partial charge in [-0.15, -0.1) is 0 Å². The maximum absolute atomic E-state index is 11.5. The van der Waals surface area contributed by atoms with Crippen LogP contribution >= 0.6 is 0 Å². The molecular formula is C10H20NO-. The lowest BCUT2D eigenvalue weighted by Crippen LogP contribution is -2.32. The highest BCUT2D eigenvalue weighted by Gasteiger charge is 2.41. The first kappa shape index (κ1) is 10.0. The van der Waals surface area contributed by atoms with Crippen molar-refractivity contribution in [1.29, 1.82) is 0 Å². The normalized spacial score (nSPS) is 27.8. The molecule has 1 aliphatic rings. The zero-order chi connectivity index (χ0) is 9.41. The van der Waals surface area contributed by atoms with Crippen molar-refractivity contribution in [1.82, 2.24) is 5.06 Å². The highest BCUT2D eigenvalue weighted by atomic mass is 16.5. The van der Waals surface area contributed by atoms with Crippen molar-refractivity contribution in [2.45, 2.75) is 52.5 Å². The van der Waals surface area contributed by atoms with Crippen molar-refractivity contribution < 1.29 is 0 Å². The van der Waals surface area contributed by atoms with Crippen LogP contribution in [0, 0.1) is 10.6 Å². The molecule has 1 rings (SSSR count). The monoisotopic (exact) mass is 170 g/mol. The van der Waals surface area contributed by atoms with Gasteiger partial charge in [-0.2, -0.15) is 0 Å². The van der Waals surface area contributed by atoms with Gasteiger partial charge >= 0.3 is 0 Å². The summed E-state index contributed by atoms with van der Waals surface area (Å²) in [6, 6.07) is 0. The van der Waals surface area contributed by atoms with Gasteiger partial charge in [0.15, 0.2) is 0 Å². The Morgan fingerprint density at radius 1 is 1.25 bits per heavy atom. The van der Waals surface area contributed by atoms with Crippen LogP contribution in [-0.2, 0) is 0 Å². The zero-order valence-corrected chi connectivity index (χ0v) is 8.68. The summed E-state index contributed by atoms with van der Waals surface area (Å²) in [5.41, 5.74) is 0.164. The minimum absolute atomic E-state index is 0.133. The van der Waals surface area contributed by atoms with Crippen LogP contribution in [0.3, 0.4) is 0 Å².